The average molecular weight is 327 g/mol. The fraction of sp³-hybridized carbons (Fsp3) is 0.643. The van der Waals surface area contributed by atoms with Crippen LogP contribution in [0, 0.1) is 0 Å². The lowest BCUT2D eigenvalue weighted by Gasteiger charge is -2.38. The maximum Gasteiger partial charge on any atom is 0.274 e. The molecule has 7 heteroatoms. The number of unbranched alkanes of at least 4 members (excludes halogenated alkanes) is 1. The lowest BCUT2D eigenvalue weighted by molar-refractivity contribution is -0.138. The van der Waals surface area contributed by atoms with Gasteiger partial charge in [0.2, 0.25) is 5.91 Å². The first-order valence-electron chi connectivity index (χ1n) is 7.14. The standard InChI is InChI=1S/C14H21N3O2S2/c1-4-5-6-11-13(19)16(2)7-8-17(11)12(18)10-9-21-14(15-10)20-3/h9,11H,4-8H2,1-3H3/t11-/m1/s1. The lowest BCUT2D eigenvalue weighted by atomic mass is 10.0. The SMILES string of the molecule is CCCC[C@@H]1C(=O)N(C)CCN1C(=O)c1csc(SC)n1. The molecule has 21 heavy (non-hydrogen) atoms. The maximum absolute atomic E-state index is 12.6. The zero-order chi connectivity index (χ0) is 15.4. The molecule has 1 aromatic heterocycles. The van der Waals surface area contributed by atoms with Crippen molar-refractivity contribution in [1.82, 2.24) is 14.8 Å². The first kappa shape index (κ1) is 16.3. The number of carbonyl (C=O) groups excluding carboxylic acids is 2. The molecule has 5 nitrogen and oxygen atoms in total. The summed E-state index contributed by atoms with van der Waals surface area (Å²) in [7, 11) is 1.80. The predicted molar refractivity (Wildman–Crippen MR) is 85.9 cm³/mol. The highest BCUT2D eigenvalue weighted by Crippen LogP contribution is 2.23. The lowest BCUT2D eigenvalue weighted by Crippen LogP contribution is -2.57. The van der Waals surface area contributed by atoms with Crippen LogP contribution >= 0.6 is 23.1 Å². The molecule has 1 fully saturated rings. The van der Waals surface area contributed by atoms with Crippen LogP contribution in [-0.2, 0) is 4.79 Å². The average Bonchev–Trinajstić information content (AvgIpc) is 2.97. The van der Waals surface area contributed by atoms with E-state index in [1.165, 1.54) is 23.1 Å². The Morgan fingerprint density at radius 1 is 1.52 bits per heavy atom. The number of thioether (sulfide) groups is 1. The summed E-state index contributed by atoms with van der Waals surface area (Å²) < 4.78 is 0.879. The molecule has 1 aromatic rings. The van der Waals surface area contributed by atoms with E-state index in [4.69, 9.17) is 0 Å². The summed E-state index contributed by atoms with van der Waals surface area (Å²) in [5.74, 6) is -0.0718. The van der Waals surface area contributed by atoms with Gasteiger partial charge < -0.3 is 9.80 Å². The molecule has 0 saturated carbocycles. The zero-order valence-corrected chi connectivity index (χ0v) is 14.3. The summed E-state index contributed by atoms with van der Waals surface area (Å²) >= 11 is 3.00. The molecule has 1 saturated heterocycles. The summed E-state index contributed by atoms with van der Waals surface area (Å²) in [5, 5.41) is 1.79. The summed E-state index contributed by atoms with van der Waals surface area (Å²) in [5.41, 5.74) is 0.461. The van der Waals surface area contributed by atoms with Crippen LogP contribution < -0.4 is 0 Å². The number of carbonyl (C=O) groups is 2. The second-order valence-electron chi connectivity index (χ2n) is 5.12. The number of rotatable bonds is 5. The van der Waals surface area contributed by atoms with E-state index in [2.05, 4.69) is 11.9 Å². The summed E-state index contributed by atoms with van der Waals surface area (Å²) in [6, 6.07) is -0.337. The second-order valence-corrected chi connectivity index (χ2v) is 7.03. The summed E-state index contributed by atoms with van der Waals surface area (Å²) in [6.45, 7) is 3.27. The molecule has 0 unspecified atom stereocenters. The van der Waals surface area contributed by atoms with E-state index in [0.29, 0.717) is 18.8 Å². The van der Waals surface area contributed by atoms with Crippen molar-refractivity contribution in [3.05, 3.63) is 11.1 Å². The molecule has 0 aromatic carbocycles. The van der Waals surface area contributed by atoms with Gasteiger partial charge in [-0.3, -0.25) is 9.59 Å². The molecule has 2 amide bonds. The van der Waals surface area contributed by atoms with Crippen molar-refractivity contribution in [2.75, 3.05) is 26.4 Å². The van der Waals surface area contributed by atoms with Crippen molar-refractivity contribution in [2.24, 2.45) is 0 Å². The highest BCUT2D eigenvalue weighted by molar-refractivity contribution is 8.00. The third kappa shape index (κ3) is 3.58. The molecule has 0 radical (unpaired) electrons. The van der Waals surface area contributed by atoms with Crippen LogP contribution in [0.5, 0.6) is 0 Å². The molecule has 0 bridgehead atoms. The van der Waals surface area contributed by atoms with E-state index < -0.39 is 0 Å². The van der Waals surface area contributed by atoms with E-state index >= 15 is 0 Å². The second kappa shape index (κ2) is 7.26. The Balaban J connectivity index is 2.17. The van der Waals surface area contributed by atoms with Crippen LogP contribution in [0.3, 0.4) is 0 Å². The Morgan fingerprint density at radius 3 is 2.90 bits per heavy atom. The van der Waals surface area contributed by atoms with Gasteiger partial charge >= 0.3 is 0 Å². The number of hydrogen-bond donors (Lipinski definition) is 0. The number of aromatic nitrogens is 1. The van der Waals surface area contributed by atoms with Crippen molar-refractivity contribution in [1.29, 1.82) is 0 Å². The summed E-state index contributed by atoms with van der Waals surface area (Å²) in [6.07, 6.45) is 4.63. The van der Waals surface area contributed by atoms with Gasteiger partial charge in [-0.05, 0) is 12.7 Å². The Hall–Kier alpha value is -1.08. The first-order valence-corrected chi connectivity index (χ1v) is 9.24. The molecule has 0 aliphatic carbocycles. The van der Waals surface area contributed by atoms with Crippen molar-refractivity contribution in [3.8, 4) is 0 Å². The molecular formula is C14H21N3O2S2. The molecule has 0 N–H and O–H groups in total. The van der Waals surface area contributed by atoms with Gasteiger partial charge in [0.1, 0.15) is 16.1 Å². The van der Waals surface area contributed by atoms with E-state index in [-0.39, 0.29) is 17.9 Å². The largest absolute Gasteiger partial charge is 0.342 e. The number of hydrogen-bond acceptors (Lipinski definition) is 5. The number of piperazine rings is 1. The highest BCUT2D eigenvalue weighted by atomic mass is 32.2. The van der Waals surface area contributed by atoms with Crippen LogP contribution in [0.25, 0.3) is 0 Å². The van der Waals surface area contributed by atoms with Gasteiger partial charge in [-0.15, -0.1) is 11.3 Å². The normalized spacial score (nSPS) is 19.2. The van der Waals surface area contributed by atoms with Gasteiger partial charge in [-0.2, -0.15) is 0 Å². The van der Waals surface area contributed by atoms with Crippen molar-refractivity contribution in [2.45, 2.75) is 36.6 Å². The monoisotopic (exact) mass is 327 g/mol. The number of likely N-dealkylation sites (N-methyl/N-ethyl adjacent to an activating group) is 1. The minimum atomic E-state index is -0.337. The fourth-order valence-corrected chi connectivity index (χ4v) is 3.66. The van der Waals surface area contributed by atoms with Crippen molar-refractivity contribution < 1.29 is 9.59 Å². The van der Waals surface area contributed by atoms with Gasteiger partial charge in [0.15, 0.2) is 0 Å². The van der Waals surface area contributed by atoms with Crippen LogP contribution in [0.15, 0.2) is 9.72 Å². The Kier molecular flexibility index (Phi) is 5.64. The first-order chi connectivity index (χ1) is 10.1. The molecule has 1 aliphatic rings. The van der Waals surface area contributed by atoms with Crippen LogP contribution in [0.1, 0.15) is 36.7 Å². The van der Waals surface area contributed by atoms with Gasteiger partial charge in [0, 0.05) is 25.5 Å². The van der Waals surface area contributed by atoms with Gasteiger partial charge in [0.05, 0.1) is 0 Å². The minimum absolute atomic E-state index is 0.0448. The molecular weight excluding hydrogens is 306 g/mol. The van der Waals surface area contributed by atoms with Crippen LogP contribution in [0.4, 0.5) is 0 Å². The highest BCUT2D eigenvalue weighted by Gasteiger charge is 2.36. The van der Waals surface area contributed by atoms with E-state index in [1.54, 1.807) is 22.2 Å². The van der Waals surface area contributed by atoms with Crippen LogP contribution in [-0.4, -0.2) is 59.0 Å². The van der Waals surface area contributed by atoms with E-state index in [0.717, 1.165) is 23.6 Å². The van der Waals surface area contributed by atoms with Gasteiger partial charge in [-0.25, -0.2) is 4.98 Å². The minimum Gasteiger partial charge on any atom is -0.342 e. The van der Waals surface area contributed by atoms with E-state index in [9.17, 15) is 9.59 Å². The quantitative estimate of drug-likeness (QED) is 0.779. The number of nitrogens with zero attached hydrogens (tertiary/aromatic N) is 3. The molecule has 2 rings (SSSR count). The van der Waals surface area contributed by atoms with E-state index in [1.807, 2.05) is 6.26 Å². The number of thiazole rings is 1. The Bertz CT molecular complexity index is 518. The number of amides is 2. The predicted octanol–water partition coefficient (Wildman–Crippen LogP) is 2.34. The van der Waals surface area contributed by atoms with Crippen molar-refractivity contribution in [3.63, 3.8) is 0 Å². The molecule has 1 atom stereocenters. The zero-order valence-electron chi connectivity index (χ0n) is 12.7. The Morgan fingerprint density at radius 2 is 2.29 bits per heavy atom. The summed E-state index contributed by atoms with van der Waals surface area (Å²) in [4.78, 5) is 32.7. The maximum atomic E-state index is 12.6. The molecule has 1 aliphatic heterocycles. The molecule has 116 valence electrons. The molecule has 2 heterocycles. The van der Waals surface area contributed by atoms with Gasteiger partial charge in [0.25, 0.3) is 5.91 Å². The third-order valence-electron chi connectivity index (χ3n) is 3.68. The smallest absolute Gasteiger partial charge is 0.274 e. The van der Waals surface area contributed by atoms with Crippen molar-refractivity contribution >= 4 is 34.9 Å². The fourth-order valence-electron chi connectivity index (χ4n) is 2.43. The molecule has 0 spiro atoms. The topological polar surface area (TPSA) is 53.5 Å². The third-order valence-corrected chi connectivity index (χ3v) is 5.55. The Labute approximate surface area is 133 Å². The van der Waals surface area contributed by atoms with Crippen LogP contribution in [0.2, 0.25) is 0 Å². The van der Waals surface area contributed by atoms with Gasteiger partial charge in [-0.1, -0.05) is 31.5 Å².